The molecule has 0 bridgehead atoms. The first-order valence-corrected chi connectivity index (χ1v) is 12.2. The van der Waals surface area contributed by atoms with E-state index in [0.29, 0.717) is 23.2 Å². The fourth-order valence-electron chi connectivity index (χ4n) is 3.68. The Morgan fingerprint density at radius 2 is 1.55 bits per heavy atom. The lowest BCUT2D eigenvalue weighted by Crippen LogP contribution is -2.50. The molecule has 0 unspecified atom stereocenters. The summed E-state index contributed by atoms with van der Waals surface area (Å²) < 4.78 is 45.0. The van der Waals surface area contributed by atoms with Crippen LogP contribution in [0.25, 0.3) is 0 Å². The predicted molar refractivity (Wildman–Crippen MR) is 143 cm³/mol. The fourth-order valence-corrected chi connectivity index (χ4v) is 3.87. The topological polar surface area (TPSA) is 105 Å². The molecular formula is C27H25ClF4N4O4. The number of hydrogen-bond donors (Lipinski definition) is 3. The number of nitrogens with zero attached hydrogens (tertiary/aromatic N) is 3. The molecule has 0 atom stereocenters. The molecule has 0 saturated carbocycles. The minimum atomic E-state index is -5.08. The second-order valence-electron chi connectivity index (χ2n) is 8.53. The highest BCUT2D eigenvalue weighted by molar-refractivity contribution is 6.30. The second kappa shape index (κ2) is 13.7. The zero-order valence-corrected chi connectivity index (χ0v) is 21.7. The van der Waals surface area contributed by atoms with E-state index in [2.05, 4.69) is 15.1 Å². The Bertz CT molecular complexity index is 1340. The Balaban J connectivity index is 0.000000559. The molecule has 0 spiro atoms. The summed E-state index contributed by atoms with van der Waals surface area (Å²) in [4.78, 5) is 29.4. The first-order chi connectivity index (χ1) is 18.9. The van der Waals surface area contributed by atoms with E-state index in [1.165, 1.54) is 12.1 Å². The van der Waals surface area contributed by atoms with E-state index < -0.39 is 18.1 Å². The predicted octanol–water partition coefficient (Wildman–Crippen LogP) is 5.60. The van der Waals surface area contributed by atoms with Crippen LogP contribution in [0, 0.1) is 5.82 Å². The van der Waals surface area contributed by atoms with Crippen LogP contribution in [0.1, 0.15) is 15.9 Å². The van der Waals surface area contributed by atoms with Gasteiger partial charge in [-0.2, -0.15) is 13.2 Å². The molecular weight excluding hydrogens is 556 g/mol. The lowest BCUT2D eigenvalue weighted by atomic mass is 10.2. The molecule has 1 aliphatic heterocycles. The lowest BCUT2D eigenvalue weighted by molar-refractivity contribution is -0.192. The molecule has 0 radical (unpaired) electrons. The van der Waals surface area contributed by atoms with Crippen molar-refractivity contribution in [2.24, 2.45) is 4.99 Å². The van der Waals surface area contributed by atoms with Crippen LogP contribution in [0.15, 0.2) is 77.8 Å². The smallest absolute Gasteiger partial charge is 0.478 e. The number of aromatic carboxylic acids is 1. The van der Waals surface area contributed by atoms with Gasteiger partial charge < -0.3 is 25.3 Å². The molecule has 4 rings (SSSR count). The monoisotopic (exact) mass is 580 g/mol. The van der Waals surface area contributed by atoms with E-state index in [4.69, 9.17) is 26.5 Å². The van der Waals surface area contributed by atoms with E-state index in [1.807, 2.05) is 30.3 Å². The number of carboxylic acid groups (broad SMARTS) is 2. The van der Waals surface area contributed by atoms with Gasteiger partial charge in [-0.3, -0.25) is 0 Å². The summed E-state index contributed by atoms with van der Waals surface area (Å²) in [7, 11) is 0. The Hall–Kier alpha value is -4.32. The van der Waals surface area contributed by atoms with Crippen LogP contribution < -0.4 is 10.2 Å². The molecule has 3 N–H and O–H groups in total. The Morgan fingerprint density at radius 1 is 0.925 bits per heavy atom. The number of benzene rings is 3. The van der Waals surface area contributed by atoms with Crippen molar-refractivity contribution in [1.29, 1.82) is 0 Å². The van der Waals surface area contributed by atoms with Crippen LogP contribution in [0.5, 0.6) is 0 Å². The van der Waals surface area contributed by atoms with E-state index >= 15 is 0 Å². The maximum absolute atomic E-state index is 13.3. The van der Waals surface area contributed by atoms with Gasteiger partial charge in [0.05, 0.1) is 12.1 Å². The lowest BCUT2D eigenvalue weighted by Gasteiger charge is -2.38. The van der Waals surface area contributed by atoms with Crippen molar-refractivity contribution in [1.82, 2.24) is 4.90 Å². The summed E-state index contributed by atoms with van der Waals surface area (Å²) in [5.41, 5.74) is 2.80. The number of nitrogens with one attached hydrogen (secondary N) is 1. The molecule has 0 aromatic heterocycles. The van der Waals surface area contributed by atoms with Crippen LogP contribution in [-0.4, -0.2) is 65.4 Å². The van der Waals surface area contributed by atoms with Crippen LogP contribution in [-0.2, 0) is 11.3 Å². The highest BCUT2D eigenvalue weighted by atomic mass is 35.5. The highest BCUT2D eigenvalue weighted by Crippen LogP contribution is 2.21. The minimum absolute atomic E-state index is 0.198. The van der Waals surface area contributed by atoms with Gasteiger partial charge in [-0.25, -0.2) is 19.0 Å². The van der Waals surface area contributed by atoms with Gasteiger partial charge in [0.25, 0.3) is 0 Å². The number of aliphatic imine (C=N–C) groups is 1. The molecule has 40 heavy (non-hydrogen) atoms. The van der Waals surface area contributed by atoms with Gasteiger partial charge in [-0.05, 0) is 54.1 Å². The number of alkyl halides is 3. The quantitative estimate of drug-likeness (QED) is 0.205. The van der Waals surface area contributed by atoms with Crippen molar-refractivity contribution >= 4 is 40.9 Å². The number of carboxylic acids is 2. The maximum atomic E-state index is 13.3. The number of rotatable bonds is 5. The van der Waals surface area contributed by atoms with E-state index in [0.717, 1.165) is 37.4 Å². The third-order valence-electron chi connectivity index (χ3n) is 5.69. The van der Waals surface area contributed by atoms with Crippen molar-refractivity contribution in [3.63, 3.8) is 0 Å². The second-order valence-corrected chi connectivity index (χ2v) is 8.97. The summed E-state index contributed by atoms with van der Waals surface area (Å²) in [6, 6.07) is 20.7. The Morgan fingerprint density at radius 3 is 2.12 bits per heavy atom. The molecule has 0 aliphatic carbocycles. The number of hydrogen-bond acceptors (Lipinski definition) is 4. The van der Waals surface area contributed by atoms with Crippen molar-refractivity contribution in [3.8, 4) is 0 Å². The summed E-state index contributed by atoms with van der Waals surface area (Å²) in [5, 5.41) is 20.4. The van der Waals surface area contributed by atoms with Gasteiger partial charge in [0.15, 0.2) is 5.96 Å². The molecule has 0 amide bonds. The van der Waals surface area contributed by atoms with E-state index in [1.54, 1.807) is 30.3 Å². The zero-order valence-electron chi connectivity index (χ0n) is 20.9. The van der Waals surface area contributed by atoms with Gasteiger partial charge in [0, 0.05) is 42.6 Å². The van der Waals surface area contributed by atoms with Crippen LogP contribution >= 0.6 is 11.6 Å². The number of anilines is 2. The summed E-state index contributed by atoms with van der Waals surface area (Å²) >= 11 is 6.15. The largest absolute Gasteiger partial charge is 0.490 e. The Kier molecular flexibility index (Phi) is 10.3. The van der Waals surface area contributed by atoms with Gasteiger partial charge in [-0.1, -0.05) is 35.9 Å². The molecule has 1 saturated heterocycles. The average molecular weight is 581 g/mol. The van der Waals surface area contributed by atoms with Gasteiger partial charge in [0.2, 0.25) is 0 Å². The van der Waals surface area contributed by atoms with Gasteiger partial charge >= 0.3 is 18.1 Å². The van der Waals surface area contributed by atoms with Crippen LogP contribution in [0.3, 0.4) is 0 Å². The number of piperazine rings is 1. The molecule has 1 aliphatic rings. The molecule has 3 aromatic carbocycles. The molecule has 13 heteroatoms. The van der Waals surface area contributed by atoms with Crippen molar-refractivity contribution in [2.75, 3.05) is 36.4 Å². The van der Waals surface area contributed by atoms with Gasteiger partial charge in [-0.15, -0.1) is 0 Å². The molecule has 212 valence electrons. The summed E-state index contributed by atoms with van der Waals surface area (Å²) in [6.45, 7) is 3.38. The third-order valence-corrected chi connectivity index (χ3v) is 5.92. The SMILES string of the molecule is O=C(O)C(F)(F)F.O=C(O)c1cccc(NC(=NCc2ccc(F)cc2)N2CCN(c3cccc(Cl)c3)CC2)c1. The maximum Gasteiger partial charge on any atom is 0.490 e. The standard InChI is InChI=1S/C25H24ClFN4O2.C2HF3O2/c26-20-4-2-6-23(16-20)30-11-13-31(14-12-30)25(28-17-18-7-9-21(27)10-8-18)29-22-5-1-3-19(15-22)24(32)33;3-2(4,5)1(6)7/h1-10,15-16H,11-14,17H2,(H,28,29)(H,32,33);(H,6,7). The van der Waals surface area contributed by atoms with Crippen LogP contribution in [0.2, 0.25) is 5.02 Å². The first kappa shape index (κ1) is 30.2. The minimum Gasteiger partial charge on any atom is -0.478 e. The summed E-state index contributed by atoms with van der Waals surface area (Å²) in [5.74, 6) is -3.39. The zero-order chi connectivity index (χ0) is 29.3. The van der Waals surface area contributed by atoms with Crippen LogP contribution in [0.4, 0.5) is 28.9 Å². The average Bonchev–Trinajstić information content (AvgIpc) is 2.92. The molecule has 1 fully saturated rings. The van der Waals surface area contributed by atoms with E-state index in [-0.39, 0.29) is 11.4 Å². The highest BCUT2D eigenvalue weighted by Gasteiger charge is 2.38. The van der Waals surface area contributed by atoms with E-state index in [9.17, 15) is 27.5 Å². The molecule has 3 aromatic rings. The van der Waals surface area contributed by atoms with Crippen molar-refractivity contribution in [2.45, 2.75) is 12.7 Å². The first-order valence-electron chi connectivity index (χ1n) is 11.9. The van der Waals surface area contributed by atoms with Crippen molar-refractivity contribution in [3.05, 3.63) is 94.8 Å². The normalized spacial score (nSPS) is 13.8. The number of carbonyl (C=O) groups is 2. The third kappa shape index (κ3) is 9.16. The summed E-state index contributed by atoms with van der Waals surface area (Å²) in [6.07, 6.45) is -5.08. The Labute approximate surface area is 232 Å². The number of guanidine groups is 1. The van der Waals surface area contributed by atoms with Crippen molar-refractivity contribution < 1.29 is 37.4 Å². The molecule has 8 nitrogen and oxygen atoms in total. The molecule has 1 heterocycles. The van der Waals surface area contributed by atoms with Gasteiger partial charge in [0.1, 0.15) is 5.82 Å². The number of aliphatic carboxylic acids is 1. The number of halogens is 5. The fraction of sp³-hybridized carbons (Fsp3) is 0.222.